The highest BCUT2D eigenvalue weighted by Crippen LogP contribution is 2.27. The summed E-state index contributed by atoms with van der Waals surface area (Å²) in [5.74, 6) is -0.529. The van der Waals surface area contributed by atoms with E-state index >= 15 is 0 Å². The van der Waals surface area contributed by atoms with Crippen molar-refractivity contribution >= 4 is 44.8 Å². The third-order valence-electron chi connectivity index (χ3n) is 4.30. The van der Waals surface area contributed by atoms with E-state index in [4.69, 9.17) is 9.15 Å². The summed E-state index contributed by atoms with van der Waals surface area (Å²) < 4.78 is 11.3. The first-order valence-corrected chi connectivity index (χ1v) is 9.79. The van der Waals surface area contributed by atoms with E-state index in [-0.39, 0.29) is 5.76 Å². The van der Waals surface area contributed by atoms with Gasteiger partial charge < -0.3 is 9.15 Å². The van der Waals surface area contributed by atoms with Crippen molar-refractivity contribution in [2.75, 3.05) is 0 Å². The number of hydrogen-bond acceptors (Lipinski definition) is 5. The summed E-state index contributed by atoms with van der Waals surface area (Å²) in [4.78, 5) is 24.7. The number of fused-ring (bicyclic) bond motifs is 1. The van der Waals surface area contributed by atoms with Crippen LogP contribution in [0.15, 0.2) is 93.1 Å². The fraction of sp³-hybridized carbons (Fsp3) is 0. The van der Waals surface area contributed by atoms with E-state index < -0.39 is 11.9 Å². The summed E-state index contributed by atoms with van der Waals surface area (Å²) in [6, 6.07) is 23.0. The summed E-state index contributed by atoms with van der Waals surface area (Å²) in [6.07, 6.45) is 1.45. The maximum atomic E-state index is 12.5. The molecule has 1 amide bonds. The maximum absolute atomic E-state index is 12.5. The summed E-state index contributed by atoms with van der Waals surface area (Å²) in [6.45, 7) is 0. The molecule has 0 radical (unpaired) electrons. The van der Waals surface area contributed by atoms with Crippen LogP contribution in [0.2, 0.25) is 0 Å². The topological polar surface area (TPSA) is 80.9 Å². The summed E-state index contributed by atoms with van der Waals surface area (Å²) in [7, 11) is 0. The number of carbonyl (C=O) groups is 2. The molecule has 0 aliphatic heterocycles. The van der Waals surface area contributed by atoms with E-state index in [1.807, 2.05) is 36.4 Å². The minimum Gasteiger partial charge on any atom is -0.444 e. The van der Waals surface area contributed by atoms with Gasteiger partial charge in [0.25, 0.3) is 0 Å². The number of nitrogens with one attached hydrogen (secondary N) is 1. The summed E-state index contributed by atoms with van der Waals surface area (Å²) in [5, 5.41) is 5.80. The molecule has 0 saturated carbocycles. The Bertz CT molecular complexity index is 1250. The van der Waals surface area contributed by atoms with E-state index in [0.29, 0.717) is 21.5 Å². The molecule has 6 nitrogen and oxygen atoms in total. The van der Waals surface area contributed by atoms with E-state index in [2.05, 4.69) is 26.5 Å². The first-order chi connectivity index (χ1) is 14.6. The lowest BCUT2D eigenvalue weighted by atomic mass is 10.0. The molecule has 1 heterocycles. The van der Waals surface area contributed by atoms with Crippen molar-refractivity contribution in [1.82, 2.24) is 5.43 Å². The number of hydrogen-bond donors (Lipinski definition) is 1. The second kappa shape index (κ2) is 8.75. The van der Waals surface area contributed by atoms with Crippen molar-refractivity contribution in [3.05, 3.63) is 100 Å². The number of amides is 1. The van der Waals surface area contributed by atoms with Crippen molar-refractivity contribution in [1.29, 1.82) is 0 Å². The van der Waals surface area contributed by atoms with Crippen LogP contribution in [0.5, 0.6) is 5.75 Å². The van der Waals surface area contributed by atoms with Crippen LogP contribution < -0.4 is 10.2 Å². The molecule has 30 heavy (non-hydrogen) atoms. The van der Waals surface area contributed by atoms with Gasteiger partial charge in [0.1, 0.15) is 5.75 Å². The highest BCUT2D eigenvalue weighted by Gasteiger charge is 2.14. The number of esters is 1. The minimum absolute atomic E-state index is 0.118. The van der Waals surface area contributed by atoms with Crippen molar-refractivity contribution in [3.8, 4) is 5.75 Å². The Morgan fingerprint density at radius 2 is 1.70 bits per heavy atom. The molecule has 1 aromatic heterocycles. The van der Waals surface area contributed by atoms with Crippen LogP contribution in [0.1, 0.15) is 26.5 Å². The Labute approximate surface area is 180 Å². The molecule has 0 atom stereocenters. The second-order valence-corrected chi connectivity index (χ2v) is 7.04. The van der Waals surface area contributed by atoms with Gasteiger partial charge in [0, 0.05) is 5.56 Å². The van der Waals surface area contributed by atoms with Crippen LogP contribution in [0.25, 0.3) is 10.8 Å². The number of rotatable bonds is 5. The molecule has 0 unspecified atom stereocenters. The van der Waals surface area contributed by atoms with Gasteiger partial charge in [0.05, 0.1) is 11.8 Å². The minimum atomic E-state index is -0.500. The Morgan fingerprint density at radius 3 is 2.47 bits per heavy atom. The molecule has 148 valence electrons. The third kappa shape index (κ3) is 4.31. The predicted molar refractivity (Wildman–Crippen MR) is 117 cm³/mol. The van der Waals surface area contributed by atoms with Crippen molar-refractivity contribution in [3.63, 3.8) is 0 Å². The van der Waals surface area contributed by atoms with Gasteiger partial charge in [-0.25, -0.2) is 10.2 Å². The first kappa shape index (κ1) is 19.6. The third-order valence-corrected chi connectivity index (χ3v) is 4.73. The molecule has 4 aromatic rings. The fourth-order valence-corrected chi connectivity index (χ4v) is 3.18. The van der Waals surface area contributed by atoms with E-state index in [9.17, 15) is 9.59 Å². The van der Waals surface area contributed by atoms with Gasteiger partial charge in [-0.15, -0.1) is 0 Å². The number of halogens is 1. The number of hydrazone groups is 1. The van der Waals surface area contributed by atoms with Gasteiger partial charge in [0.2, 0.25) is 0 Å². The van der Waals surface area contributed by atoms with E-state index in [0.717, 1.165) is 10.8 Å². The summed E-state index contributed by atoms with van der Waals surface area (Å²) >= 11 is 3.15. The quantitative estimate of drug-likeness (QED) is 0.192. The number of benzene rings is 3. The highest BCUT2D eigenvalue weighted by atomic mass is 79.9. The predicted octanol–water partition coefficient (Wildman–Crippen LogP) is 5.18. The summed E-state index contributed by atoms with van der Waals surface area (Å²) in [5.41, 5.74) is 3.42. The van der Waals surface area contributed by atoms with Gasteiger partial charge in [0.15, 0.2) is 10.4 Å². The average Bonchev–Trinajstić information content (AvgIpc) is 3.22. The van der Waals surface area contributed by atoms with Crippen molar-refractivity contribution in [2.45, 2.75) is 0 Å². The molecule has 3 aromatic carbocycles. The lowest BCUT2D eigenvalue weighted by molar-refractivity contribution is 0.0734. The van der Waals surface area contributed by atoms with Gasteiger partial charge in [-0.05, 0) is 57.0 Å². The normalized spacial score (nSPS) is 11.0. The molecule has 0 aliphatic carbocycles. The van der Waals surface area contributed by atoms with E-state index in [1.54, 1.807) is 36.4 Å². The largest absolute Gasteiger partial charge is 0.444 e. The molecular formula is C23H15BrN2O4. The molecule has 0 spiro atoms. The standard InChI is InChI=1S/C23H15BrN2O4/c24-21-13-12-20(29-21)22(27)26-25-14-18-17-9-5-4-6-15(17)10-11-19(18)30-23(28)16-7-2-1-3-8-16/h1-14H,(H,26,27)/b25-14-. The van der Waals surface area contributed by atoms with Gasteiger partial charge >= 0.3 is 11.9 Å². The lowest BCUT2D eigenvalue weighted by Gasteiger charge is -2.10. The van der Waals surface area contributed by atoms with Gasteiger partial charge in [-0.2, -0.15) is 5.10 Å². The second-order valence-electron chi connectivity index (χ2n) is 6.26. The molecule has 7 heteroatoms. The van der Waals surface area contributed by atoms with Gasteiger partial charge in [-0.3, -0.25) is 4.79 Å². The Hall–Kier alpha value is -3.71. The number of furan rings is 1. The highest BCUT2D eigenvalue weighted by molar-refractivity contribution is 9.10. The van der Waals surface area contributed by atoms with Crippen LogP contribution in [0.3, 0.4) is 0 Å². The SMILES string of the molecule is O=C(Oc1ccc2ccccc2c1/C=N\NC(=O)c1ccc(Br)o1)c1ccccc1. The Morgan fingerprint density at radius 1 is 0.933 bits per heavy atom. The molecule has 0 aliphatic rings. The van der Waals surface area contributed by atoms with Crippen LogP contribution >= 0.6 is 15.9 Å². The number of nitrogens with zero attached hydrogens (tertiary/aromatic N) is 1. The van der Waals surface area contributed by atoms with Crippen LogP contribution in [0.4, 0.5) is 0 Å². The number of carbonyl (C=O) groups excluding carboxylic acids is 2. The molecule has 0 saturated heterocycles. The Kier molecular flexibility index (Phi) is 5.72. The fourth-order valence-electron chi connectivity index (χ4n) is 2.88. The zero-order valence-corrected chi connectivity index (χ0v) is 17.1. The molecule has 1 N–H and O–H groups in total. The number of ether oxygens (including phenoxy) is 1. The average molecular weight is 463 g/mol. The van der Waals surface area contributed by atoms with Crippen LogP contribution in [0, 0.1) is 0 Å². The van der Waals surface area contributed by atoms with Crippen molar-refractivity contribution in [2.24, 2.45) is 5.10 Å². The first-order valence-electron chi connectivity index (χ1n) is 8.99. The zero-order chi connectivity index (χ0) is 20.9. The van der Waals surface area contributed by atoms with Crippen LogP contribution in [-0.2, 0) is 0 Å². The molecule has 0 fully saturated rings. The van der Waals surface area contributed by atoms with E-state index in [1.165, 1.54) is 12.3 Å². The monoisotopic (exact) mass is 462 g/mol. The molecule has 0 bridgehead atoms. The van der Waals surface area contributed by atoms with Gasteiger partial charge in [-0.1, -0.05) is 48.5 Å². The maximum Gasteiger partial charge on any atom is 0.343 e. The molecular weight excluding hydrogens is 448 g/mol. The molecule has 4 rings (SSSR count). The lowest BCUT2D eigenvalue weighted by Crippen LogP contribution is -2.17. The smallest absolute Gasteiger partial charge is 0.343 e. The zero-order valence-electron chi connectivity index (χ0n) is 15.5. The van der Waals surface area contributed by atoms with Crippen molar-refractivity contribution < 1.29 is 18.7 Å². The Balaban J connectivity index is 1.63. The van der Waals surface area contributed by atoms with Crippen LogP contribution in [-0.4, -0.2) is 18.1 Å².